The summed E-state index contributed by atoms with van der Waals surface area (Å²) in [6.07, 6.45) is 17.6. The second kappa shape index (κ2) is 11.7. The van der Waals surface area contributed by atoms with E-state index >= 15 is 0 Å². The highest BCUT2D eigenvalue weighted by atomic mass is 32.1. The van der Waals surface area contributed by atoms with Crippen molar-refractivity contribution in [2.24, 2.45) is 0 Å². The zero-order valence-electron chi connectivity index (χ0n) is 22.3. The van der Waals surface area contributed by atoms with E-state index in [4.69, 9.17) is 0 Å². The van der Waals surface area contributed by atoms with E-state index in [1.54, 1.807) is 9.75 Å². The summed E-state index contributed by atoms with van der Waals surface area (Å²) in [5.41, 5.74) is 0. The van der Waals surface area contributed by atoms with Gasteiger partial charge in [-0.3, -0.25) is 0 Å². The molecule has 2 aromatic carbocycles. The van der Waals surface area contributed by atoms with Crippen LogP contribution in [0.2, 0.25) is 0 Å². The van der Waals surface area contributed by atoms with Gasteiger partial charge in [0.25, 0.3) is 0 Å². The second-order valence-corrected chi connectivity index (χ2v) is 15.2. The molecule has 0 radical (unpaired) electrons. The lowest BCUT2D eigenvalue weighted by atomic mass is 10.1. The molecule has 0 aliphatic rings. The van der Waals surface area contributed by atoms with Crippen LogP contribution in [0.4, 0.5) is 0 Å². The number of rotatable bonds is 13. The van der Waals surface area contributed by atoms with Crippen molar-refractivity contribution in [3.8, 4) is 0 Å². The fraction of sp³-hybridized carbons (Fsp3) is 0.455. The SMILES string of the molecule is CCCCCCCCCCc1cc2cc3c(cc2s1)sc1c2cc4cc(CCCCC)sc4cc2sc31. The number of hydrogen-bond acceptors (Lipinski definition) is 4. The van der Waals surface area contributed by atoms with Gasteiger partial charge in [-0.25, -0.2) is 0 Å². The van der Waals surface area contributed by atoms with E-state index in [0.717, 1.165) is 0 Å². The third-order valence-electron chi connectivity index (χ3n) is 7.76. The summed E-state index contributed by atoms with van der Waals surface area (Å²) >= 11 is 8.05. The topological polar surface area (TPSA) is 0 Å². The first-order valence-corrected chi connectivity index (χ1v) is 17.7. The number of hydrogen-bond donors (Lipinski definition) is 0. The van der Waals surface area contributed by atoms with Crippen LogP contribution < -0.4 is 0 Å². The molecule has 194 valence electrons. The Morgan fingerprint density at radius 3 is 1.38 bits per heavy atom. The molecule has 0 unspecified atom stereocenters. The van der Waals surface area contributed by atoms with Crippen LogP contribution in [-0.2, 0) is 12.8 Å². The molecule has 0 amide bonds. The summed E-state index contributed by atoms with van der Waals surface area (Å²) in [6.45, 7) is 4.59. The third-order valence-corrected chi connectivity index (χ3v) is 12.6. The fourth-order valence-corrected chi connectivity index (χ4v) is 10.7. The van der Waals surface area contributed by atoms with E-state index in [1.165, 1.54) is 133 Å². The van der Waals surface area contributed by atoms with Crippen molar-refractivity contribution >= 4 is 95.1 Å². The molecule has 6 rings (SSSR count). The highest BCUT2D eigenvalue weighted by Crippen LogP contribution is 2.47. The molecule has 37 heavy (non-hydrogen) atoms. The van der Waals surface area contributed by atoms with E-state index in [1.807, 2.05) is 45.3 Å². The average molecular weight is 563 g/mol. The molecule has 0 spiro atoms. The van der Waals surface area contributed by atoms with Crippen molar-refractivity contribution < 1.29 is 0 Å². The molecule has 0 saturated carbocycles. The minimum atomic E-state index is 1.23. The molecule has 0 N–H and O–H groups in total. The van der Waals surface area contributed by atoms with Gasteiger partial charge < -0.3 is 0 Å². The standard InChI is InChI=1S/C33H38S4/c1-3-5-7-8-9-10-11-13-15-25-17-23-19-27-31(21-29(23)35-25)37-32-26-18-22-16-24(14-12-6-4-2)34-28(22)20-30(26)36-33(27)32/h16-21H,3-15H2,1-2H3. The Labute approximate surface area is 237 Å². The number of benzene rings is 2. The van der Waals surface area contributed by atoms with Gasteiger partial charge in [0.05, 0.1) is 9.40 Å². The number of fused-ring (bicyclic) bond motifs is 7. The van der Waals surface area contributed by atoms with Crippen molar-refractivity contribution in [3.05, 3.63) is 46.2 Å². The van der Waals surface area contributed by atoms with Crippen LogP contribution >= 0.6 is 45.3 Å². The van der Waals surface area contributed by atoms with Gasteiger partial charge in [-0.2, -0.15) is 0 Å². The average Bonchev–Trinajstić information content (AvgIpc) is 3.64. The van der Waals surface area contributed by atoms with Crippen LogP contribution in [0.1, 0.15) is 94.2 Å². The maximum Gasteiger partial charge on any atom is 0.0542 e. The fourth-order valence-electron chi connectivity index (χ4n) is 5.67. The van der Waals surface area contributed by atoms with Crippen LogP contribution in [0, 0.1) is 0 Å². The van der Waals surface area contributed by atoms with E-state index in [9.17, 15) is 0 Å². The molecule has 6 aromatic rings. The number of thiophene rings is 4. The molecular formula is C33H38S4. The highest BCUT2D eigenvalue weighted by Gasteiger charge is 2.15. The van der Waals surface area contributed by atoms with Crippen LogP contribution in [0.5, 0.6) is 0 Å². The molecular weight excluding hydrogens is 525 g/mol. The predicted molar refractivity (Wildman–Crippen MR) is 175 cm³/mol. The summed E-state index contributed by atoms with van der Waals surface area (Å²) in [6, 6.07) is 14.8. The highest BCUT2D eigenvalue weighted by molar-refractivity contribution is 7.37. The molecule has 0 nitrogen and oxygen atoms in total. The Hall–Kier alpha value is -1.46. The molecule has 4 heteroatoms. The van der Waals surface area contributed by atoms with Crippen molar-refractivity contribution in [1.29, 1.82) is 0 Å². The molecule has 0 fully saturated rings. The lowest BCUT2D eigenvalue weighted by molar-refractivity contribution is 0.576. The van der Waals surface area contributed by atoms with Gasteiger partial charge in [0.15, 0.2) is 0 Å². The minimum Gasteiger partial charge on any atom is -0.140 e. The molecule has 4 aromatic heterocycles. The first kappa shape index (κ1) is 25.8. The Balaban J connectivity index is 1.21. The molecule has 0 aliphatic heterocycles. The van der Waals surface area contributed by atoms with Crippen LogP contribution in [0.3, 0.4) is 0 Å². The first-order valence-electron chi connectivity index (χ1n) is 14.5. The second-order valence-electron chi connectivity index (χ2n) is 10.7. The summed E-state index contributed by atoms with van der Waals surface area (Å²) in [5.74, 6) is 0. The lowest BCUT2D eigenvalue weighted by Crippen LogP contribution is -1.83. The van der Waals surface area contributed by atoms with Crippen LogP contribution in [0.15, 0.2) is 36.4 Å². The Bertz CT molecular complexity index is 1640. The molecule has 0 saturated heterocycles. The number of aryl methyl sites for hydroxylation is 2. The molecule has 0 atom stereocenters. The van der Waals surface area contributed by atoms with Crippen LogP contribution in [-0.4, -0.2) is 0 Å². The lowest BCUT2D eigenvalue weighted by Gasteiger charge is -2.00. The van der Waals surface area contributed by atoms with Gasteiger partial charge in [-0.05, 0) is 72.9 Å². The maximum atomic E-state index is 2.49. The van der Waals surface area contributed by atoms with Crippen molar-refractivity contribution in [2.75, 3.05) is 0 Å². The Morgan fingerprint density at radius 2 is 0.865 bits per heavy atom. The van der Waals surface area contributed by atoms with Crippen LogP contribution in [0.25, 0.3) is 49.7 Å². The number of unbranched alkanes of at least 4 members (excludes halogenated alkanes) is 9. The van der Waals surface area contributed by atoms with E-state index in [-0.39, 0.29) is 0 Å². The third kappa shape index (κ3) is 5.50. The van der Waals surface area contributed by atoms with E-state index in [2.05, 4.69) is 50.2 Å². The van der Waals surface area contributed by atoms with E-state index < -0.39 is 0 Å². The van der Waals surface area contributed by atoms with Gasteiger partial charge in [-0.1, -0.05) is 71.6 Å². The molecule has 0 aliphatic carbocycles. The molecule has 4 heterocycles. The Kier molecular flexibility index (Phi) is 8.18. The van der Waals surface area contributed by atoms with Crippen molar-refractivity contribution in [3.63, 3.8) is 0 Å². The first-order chi connectivity index (χ1) is 18.2. The predicted octanol–water partition coefficient (Wildman–Crippen LogP) is 13.1. The quantitative estimate of drug-likeness (QED) is 0.123. The van der Waals surface area contributed by atoms with E-state index in [0.29, 0.717) is 0 Å². The maximum absolute atomic E-state index is 2.49. The Morgan fingerprint density at radius 1 is 0.432 bits per heavy atom. The minimum absolute atomic E-state index is 1.23. The monoisotopic (exact) mass is 562 g/mol. The summed E-state index contributed by atoms with van der Waals surface area (Å²) in [7, 11) is 0. The van der Waals surface area contributed by atoms with Gasteiger partial charge >= 0.3 is 0 Å². The summed E-state index contributed by atoms with van der Waals surface area (Å²) in [5, 5.41) is 5.81. The molecule has 0 bridgehead atoms. The summed E-state index contributed by atoms with van der Waals surface area (Å²) < 4.78 is 8.83. The van der Waals surface area contributed by atoms with Gasteiger partial charge in [0, 0.05) is 39.3 Å². The largest absolute Gasteiger partial charge is 0.140 e. The zero-order valence-corrected chi connectivity index (χ0v) is 25.6. The zero-order chi connectivity index (χ0) is 25.2. The van der Waals surface area contributed by atoms with Crippen molar-refractivity contribution in [1.82, 2.24) is 0 Å². The smallest absolute Gasteiger partial charge is 0.0542 e. The summed E-state index contributed by atoms with van der Waals surface area (Å²) in [4.78, 5) is 3.12. The van der Waals surface area contributed by atoms with Crippen molar-refractivity contribution in [2.45, 2.75) is 97.3 Å². The van der Waals surface area contributed by atoms with Gasteiger partial charge in [0.1, 0.15) is 0 Å². The van der Waals surface area contributed by atoms with Gasteiger partial charge in [0.2, 0.25) is 0 Å². The normalized spacial score (nSPS) is 12.4. The van der Waals surface area contributed by atoms with Gasteiger partial charge in [-0.15, -0.1) is 45.3 Å².